The van der Waals surface area contributed by atoms with Crippen molar-refractivity contribution in [3.8, 4) is 5.75 Å². The molecule has 0 aromatic heterocycles. The molecular formula is C21H25NO2. The Morgan fingerprint density at radius 3 is 2.38 bits per heavy atom. The zero-order chi connectivity index (χ0) is 16.8. The molecule has 1 aliphatic heterocycles. The van der Waals surface area contributed by atoms with Gasteiger partial charge in [0.05, 0.1) is 0 Å². The van der Waals surface area contributed by atoms with Crippen LogP contribution in [-0.4, -0.2) is 29.0 Å². The molecule has 0 spiro atoms. The van der Waals surface area contributed by atoms with Crippen LogP contribution in [0.3, 0.4) is 0 Å². The van der Waals surface area contributed by atoms with Crippen molar-refractivity contribution in [3.63, 3.8) is 0 Å². The standard InChI is InChI=1S/C21H25NO2/c23-20-9-5-4-8-19(20)10-11-21(24)22-14-12-18(13-15-22)16-17-6-2-1-3-7-17/h1-9,18,23H,10-16H2. The highest BCUT2D eigenvalue weighted by atomic mass is 16.3. The number of para-hydroxylation sites is 1. The van der Waals surface area contributed by atoms with Crippen molar-refractivity contribution in [2.75, 3.05) is 13.1 Å². The van der Waals surface area contributed by atoms with Crippen molar-refractivity contribution in [2.24, 2.45) is 5.92 Å². The summed E-state index contributed by atoms with van der Waals surface area (Å²) in [4.78, 5) is 14.4. The Balaban J connectivity index is 1.44. The molecule has 2 aromatic rings. The zero-order valence-electron chi connectivity index (χ0n) is 14.0. The number of phenols is 1. The molecule has 1 aliphatic rings. The van der Waals surface area contributed by atoms with Crippen LogP contribution in [0, 0.1) is 5.92 Å². The minimum absolute atomic E-state index is 0.205. The molecule has 3 heteroatoms. The van der Waals surface area contributed by atoms with Gasteiger partial charge in [-0.1, -0.05) is 48.5 Å². The molecule has 0 atom stereocenters. The summed E-state index contributed by atoms with van der Waals surface area (Å²) in [5.41, 5.74) is 2.24. The highest BCUT2D eigenvalue weighted by Crippen LogP contribution is 2.23. The lowest BCUT2D eigenvalue weighted by atomic mass is 9.90. The number of carbonyl (C=O) groups excluding carboxylic acids is 1. The van der Waals surface area contributed by atoms with Crippen LogP contribution in [0.15, 0.2) is 54.6 Å². The molecule has 2 aromatic carbocycles. The summed E-state index contributed by atoms with van der Waals surface area (Å²) in [6, 6.07) is 17.9. The number of hydrogen-bond acceptors (Lipinski definition) is 2. The number of phenolic OH excluding ortho intramolecular Hbond substituents is 1. The van der Waals surface area contributed by atoms with Gasteiger partial charge in [-0.2, -0.15) is 0 Å². The molecule has 126 valence electrons. The number of nitrogens with zero attached hydrogens (tertiary/aromatic N) is 1. The highest BCUT2D eigenvalue weighted by molar-refractivity contribution is 5.76. The molecule has 1 fully saturated rings. The smallest absolute Gasteiger partial charge is 0.222 e. The summed E-state index contributed by atoms with van der Waals surface area (Å²) in [7, 11) is 0. The van der Waals surface area contributed by atoms with Crippen LogP contribution in [-0.2, 0) is 17.6 Å². The summed E-state index contributed by atoms with van der Waals surface area (Å²) < 4.78 is 0. The van der Waals surface area contributed by atoms with Gasteiger partial charge in [0.25, 0.3) is 0 Å². The van der Waals surface area contributed by atoms with Crippen LogP contribution in [0.2, 0.25) is 0 Å². The van der Waals surface area contributed by atoms with E-state index in [4.69, 9.17) is 0 Å². The van der Waals surface area contributed by atoms with Crippen LogP contribution in [0.1, 0.15) is 30.4 Å². The first-order valence-corrected chi connectivity index (χ1v) is 8.81. The van der Waals surface area contributed by atoms with Gasteiger partial charge < -0.3 is 10.0 Å². The van der Waals surface area contributed by atoms with E-state index >= 15 is 0 Å². The van der Waals surface area contributed by atoms with Gasteiger partial charge in [-0.25, -0.2) is 0 Å². The van der Waals surface area contributed by atoms with Crippen molar-refractivity contribution >= 4 is 5.91 Å². The van der Waals surface area contributed by atoms with Crippen molar-refractivity contribution < 1.29 is 9.90 Å². The third kappa shape index (κ3) is 4.38. The van der Waals surface area contributed by atoms with E-state index in [1.807, 2.05) is 17.0 Å². The molecule has 1 amide bonds. The van der Waals surface area contributed by atoms with Gasteiger partial charge >= 0.3 is 0 Å². The van der Waals surface area contributed by atoms with Gasteiger partial charge in [-0.3, -0.25) is 4.79 Å². The Morgan fingerprint density at radius 2 is 1.67 bits per heavy atom. The third-order valence-corrected chi connectivity index (χ3v) is 4.93. The lowest BCUT2D eigenvalue weighted by Crippen LogP contribution is -2.39. The van der Waals surface area contributed by atoms with Crippen LogP contribution >= 0.6 is 0 Å². The topological polar surface area (TPSA) is 40.5 Å². The molecule has 0 unspecified atom stereocenters. The Bertz CT molecular complexity index is 661. The predicted molar refractivity (Wildman–Crippen MR) is 95.9 cm³/mol. The van der Waals surface area contributed by atoms with Crippen molar-refractivity contribution in [1.29, 1.82) is 0 Å². The number of rotatable bonds is 5. The molecule has 1 N–H and O–H groups in total. The maximum Gasteiger partial charge on any atom is 0.222 e. The van der Waals surface area contributed by atoms with Crippen LogP contribution in [0.4, 0.5) is 0 Å². The molecule has 0 saturated carbocycles. The Morgan fingerprint density at radius 1 is 1.00 bits per heavy atom. The average molecular weight is 323 g/mol. The number of hydrogen-bond donors (Lipinski definition) is 1. The number of aromatic hydroxyl groups is 1. The molecule has 1 heterocycles. The van der Waals surface area contributed by atoms with Gasteiger partial charge in [0.15, 0.2) is 0 Å². The van der Waals surface area contributed by atoms with E-state index in [2.05, 4.69) is 30.3 Å². The highest BCUT2D eigenvalue weighted by Gasteiger charge is 2.22. The molecule has 3 nitrogen and oxygen atoms in total. The fourth-order valence-electron chi connectivity index (χ4n) is 3.46. The van der Waals surface area contributed by atoms with Crippen molar-refractivity contribution in [3.05, 3.63) is 65.7 Å². The number of amides is 1. The first-order chi connectivity index (χ1) is 11.7. The average Bonchev–Trinajstić information content (AvgIpc) is 2.62. The van der Waals surface area contributed by atoms with Crippen molar-refractivity contribution in [1.82, 2.24) is 4.90 Å². The lowest BCUT2D eigenvalue weighted by Gasteiger charge is -2.32. The number of aryl methyl sites for hydroxylation is 1. The second-order valence-corrected chi connectivity index (χ2v) is 6.64. The summed E-state index contributed by atoms with van der Waals surface area (Å²) in [6.45, 7) is 1.72. The van der Waals surface area contributed by atoms with Gasteiger partial charge in [0.1, 0.15) is 5.75 Å². The van der Waals surface area contributed by atoms with E-state index in [-0.39, 0.29) is 11.7 Å². The Hall–Kier alpha value is -2.29. The normalized spacial score (nSPS) is 15.4. The molecule has 1 saturated heterocycles. The Labute approximate surface area is 143 Å². The SMILES string of the molecule is O=C(CCc1ccccc1O)N1CCC(Cc2ccccc2)CC1. The van der Waals surface area contributed by atoms with E-state index in [9.17, 15) is 9.90 Å². The van der Waals surface area contributed by atoms with Gasteiger partial charge in [0, 0.05) is 19.5 Å². The Kier molecular flexibility index (Phi) is 5.52. The number of piperidine rings is 1. The fraction of sp³-hybridized carbons (Fsp3) is 0.381. The van der Waals surface area contributed by atoms with E-state index in [0.717, 1.165) is 37.9 Å². The summed E-state index contributed by atoms with van der Waals surface area (Å²) in [5.74, 6) is 1.16. The zero-order valence-corrected chi connectivity index (χ0v) is 14.0. The number of likely N-dealkylation sites (tertiary alicyclic amines) is 1. The van der Waals surface area contributed by atoms with E-state index in [0.29, 0.717) is 18.8 Å². The van der Waals surface area contributed by atoms with E-state index in [1.54, 1.807) is 12.1 Å². The molecule has 0 bridgehead atoms. The third-order valence-electron chi connectivity index (χ3n) is 4.93. The molecular weight excluding hydrogens is 298 g/mol. The van der Waals surface area contributed by atoms with E-state index < -0.39 is 0 Å². The van der Waals surface area contributed by atoms with Gasteiger partial charge in [0.2, 0.25) is 5.91 Å². The first-order valence-electron chi connectivity index (χ1n) is 8.81. The second kappa shape index (κ2) is 8.00. The molecule has 3 rings (SSSR count). The molecule has 24 heavy (non-hydrogen) atoms. The molecule has 0 radical (unpaired) electrons. The summed E-state index contributed by atoms with van der Waals surface area (Å²) in [6.07, 6.45) is 4.35. The van der Waals surface area contributed by atoms with Crippen LogP contribution in [0.25, 0.3) is 0 Å². The number of benzene rings is 2. The minimum atomic E-state index is 0.205. The summed E-state index contributed by atoms with van der Waals surface area (Å²) >= 11 is 0. The summed E-state index contributed by atoms with van der Waals surface area (Å²) in [5, 5.41) is 9.78. The monoisotopic (exact) mass is 323 g/mol. The minimum Gasteiger partial charge on any atom is -0.508 e. The maximum absolute atomic E-state index is 12.4. The molecule has 0 aliphatic carbocycles. The number of carbonyl (C=O) groups is 1. The van der Waals surface area contributed by atoms with E-state index in [1.165, 1.54) is 5.56 Å². The second-order valence-electron chi connectivity index (χ2n) is 6.64. The van der Waals surface area contributed by atoms with Gasteiger partial charge in [-0.05, 0) is 48.8 Å². The predicted octanol–water partition coefficient (Wildman–Crippen LogP) is 3.81. The quantitative estimate of drug-likeness (QED) is 0.909. The van der Waals surface area contributed by atoms with Crippen LogP contribution < -0.4 is 0 Å². The largest absolute Gasteiger partial charge is 0.508 e. The first kappa shape index (κ1) is 16.6. The fourth-order valence-corrected chi connectivity index (χ4v) is 3.46. The van der Waals surface area contributed by atoms with Gasteiger partial charge in [-0.15, -0.1) is 0 Å². The maximum atomic E-state index is 12.4. The lowest BCUT2D eigenvalue weighted by molar-refractivity contribution is -0.132. The van der Waals surface area contributed by atoms with Crippen LogP contribution in [0.5, 0.6) is 5.75 Å². The van der Waals surface area contributed by atoms with Crippen molar-refractivity contribution in [2.45, 2.75) is 32.1 Å².